The third-order valence-electron chi connectivity index (χ3n) is 0. The van der Waals surface area contributed by atoms with Crippen LogP contribution in [0.15, 0.2) is 0 Å². The fourth-order valence-electron chi connectivity index (χ4n) is 0. The Kier molecular flexibility index (Phi) is 20.5. The Balaban J connectivity index is -0.0000000720. The summed E-state index contributed by atoms with van der Waals surface area (Å²) in [6, 6.07) is 0. The van der Waals surface area contributed by atoms with Gasteiger partial charge in [-0.15, -0.1) is 0 Å². The molecule has 0 aromatic carbocycles. The van der Waals surface area contributed by atoms with Gasteiger partial charge in [-0.2, -0.15) is 0 Å². The van der Waals surface area contributed by atoms with Crippen molar-refractivity contribution in [2.45, 2.75) is 0 Å². The van der Waals surface area contributed by atoms with Crippen LogP contribution in [0.5, 0.6) is 0 Å². The van der Waals surface area contributed by atoms with Crippen LogP contribution in [-0.4, -0.2) is 19.6 Å². The SMILES string of the molecule is F[Si](F)F.F[Si](F)F.[Co]. The van der Waals surface area contributed by atoms with E-state index in [4.69, 9.17) is 0 Å². The quantitative estimate of drug-likeness (QED) is 0.337. The predicted molar refractivity (Wildman–Crippen MR) is 18.2 cm³/mol. The van der Waals surface area contributed by atoms with Crippen LogP contribution in [0.4, 0.5) is 24.6 Å². The molecule has 0 rings (SSSR count). The van der Waals surface area contributed by atoms with Gasteiger partial charge in [0.05, 0.1) is 0 Å². The summed E-state index contributed by atoms with van der Waals surface area (Å²) in [6.45, 7) is 0. The number of hydrogen-bond acceptors (Lipinski definition) is 0. The van der Waals surface area contributed by atoms with Gasteiger partial charge in [-0.25, -0.2) is 24.6 Å². The summed E-state index contributed by atoms with van der Waals surface area (Å²) < 4.78 is 58.6. The second-order valence-corrected chi connectivity index (χ2v) is 1.29. The number of halogens is 6. The second-order valence-electron chi connectivity index (χ2n) is 0.429. The summed E-state index contributed by atoms with van der Waals surface area (Å²) in [4.78, 5) is 0. The summed E-state index contributed by atoms with van der Waals surface area (Å²) in [6.07, 6.45) is 0. The maximum Gasteiger partial charge on any atom is 0.705 e. The molecule has 59 valence electrons. The van der Waals surface area contributed by atoms with Crippen LogP contribution in [-0.2, 0) is 16.8 Å². The molecule has 0 saturated heterocycles. The molecule has 0 nitrogen and oxygen atoms in total. The van der Waals surface area contributed by atoms with Crippen LogP contribution in [0.2, 0.25) is 0 Å². The van der Waals surface area contributed by atoms with Crippen LogP contribution in [0.1, 0.15) is 0 Å². The Bertz CT molecular complexity index is 26.5. The molecule has 0 N–H and O–H groups in total. The Morgan fingerprint density at radius 1 is 0.556 bits per heavy atom. The number of rotatable bonds is 0. The maximum atomic E-state index is 9.77. The van der Waals surface area contributed by atoms with E-state index >= 15 is 0 Å². The van der Waals surface area contributed by atoms with Gasteiger partial charge in [-0.05, 0) is 0 Å². The molecular weight excluding hydrogens is 229 g/mol. The molecule has 0 fully saturated rings. The van der Waals surface area contributed by atoms with Gasteiger partial charge in [-0.3, -0.25) is 0 Å². The minimum absolute atomic E-state index is 0. The standard InChI is InChI=1S/Co.2F3Si/c;2*1-4(2)3. The van der Waals surface area contributed by atoms with E-state index in [1.165, 1.54) is 0 Å². The van der Waals surface area contributed by atoms with E-state index in [1.807, 2.05) is 0 Å². The normalized spacial score (nSPS) is 8.00. The maximum absolute atomic E-state index is 9.77. The molecule has 0 saturated carbocycles. The van der Waals surface area contributed by atoms with Gasteiger partial charge in [0, 0.05) is 16.8 Å². The molecule has 9 heavy (non-hydrogen) atoms. The predicted octanol–water partition coefficient (Wildman–Crippen LogP) is 1.76. The van der Waals surface area contributed by atoms with Crippen molar-refractivity contribution in [2.75, 3.05) is 0 Å². The van der Waals surface area contributed by atoms with E-state index in [0.717, 1.165) is 0 Å². The van der Waals surface area contributed by atoms with Crippen LogP contribution in [0.25, 0.3) is 0 Å². The minimum atomic E-state index is -4.38. The Morgan fingerprint density at radius 2 is 0.556 bits per heavy atom. The largest absolute Gasteiger partial charge is 0.705 e. The molecule has 0 unspecified atom stereocenters. The van der Waals surface area contributed by atoms with E-state index in [0.29, 0.717) is 0 Å². The first-order chi connectivity index (χ1) is 3.46. The van der Waals surface area contributed by atoms with Crippen molar-refractivity contribution in [1.82, 2.24) is 0 Å². The molecule has 9 heteroatoms. The first-order valence-electron chi connectivity index (χ1n) is 1.13. The summed E-state index contributed by atoms with van der Waals surface area (Å²) >= 11 is 0. The monoisotopic (exact) mass is 229 g/mol. The molecule has 0 bridgehead atoms. The summed E-state index contributed by atoms with van der Waals surface area (Å²) in [5, 5.41) is 0. The van der Waals surface area contributed by atoms with Crippen LogP contribution in [0, 0.1) is 0 Å². The van der Waals surface area contributed by atoms with Crippen LogP contribution in [0.3, 0.4) is 0 Å². The van der Waals surface area contributed by atoms with Crippen molar-refractivity contribution in [3.63, 3.8) is 0 Å². The van der Waals surface area contributed by atoms with Crippen LogP contribution < -0.4 is 0 Å². The minimum Gasteiger partial charge on any atom is -0.235 e. The number of hydrogen-bond donors (Lipinski definition) is 0. The molecule has 0 aromatic heterocycles. The Morgan fingerprint density at radius 3 is 0.556 bits per heavy atom. The van der Waals surface area contributed by atoms with E-state index in [2.05, 4.69) is 0 Å². The van der Waals surface area contributed by atoms with Crippen LogP contribution >= 0.6 is 0 Å². The van der Waals surface area contributed by atoms with E-state index in [-0.39, 0.29) is 16.8 Å². The van der Waals surface area contributed by atoms with E-state index in [9.17, 15) is 24.6 Å². The zero-order chi connectivity index (χ0) is 7.15. The van der Waals surface area contributed by atoms with Gasteiger partial charge < -0.3 is 0 Å². The average molecular weight is 229 g/mol. The Hall–Kier alpha value is 0.520. The summed E-state index contributed by atoms with van der Waals surface area (Å²) in [5.74, 6) is 0. The summed E-state index contributed by atoms with van der Waals surface area (Å²) in [5.41, 5.74) is 0. The molecular formula is CoF6Si2. The van der Waals surface area contributed by atoms with E-state index in [1.54, 1.807) is 0 Å². The van der Waals surface area contributed by atoms with Crippen molar-refractivity contribution in [2.24, 2.45) is 0 Å². The van der Waals surface area contributed by atoms with Gasteiger partial charge >= 0.3 is 19.6 Å². The molecule has 0 atom stereocenters. The van der Waals surface area contributed by atoms with Crippen molar-refractivity contribution in [3.05, 3.63) is 0 Å². The van der Waals surface area contributed by atoms with Crippen molar-refractivity contribution < 1.29 is 41.4 Å². The zero-order valence-corrected chi connectivity index (χ0v) is 6.64. The third kappa shape index (κ3) is 1340. The second kappa shape index (κ2) is 11.3. The average Bonchev–Trinajstić information content (AvgIpc) is 1.25. The molecule has 0 aliphatic rings. The van der Waals surface area contributed by atoms with Crippen molar-refractivity contribution in [3.8, 4) is 0 Å². The fourth-order valence-corrected chi connectivity index (χ4v) is 0. The summed E-state index contributed by atoms with van der Waals surface area (Å²) in [7, 11) is -8.76. The molecule has 0 aliphatic carbocycles. The van der Waals surface area contributed by atoms with Gasteiger partial charge in [-0.1, -0.05) is 0 Å². The molecule has 0 aliphatic heterocycles. The first-order valence-corrected chi connectivity index (χ1v) is 3.40. The van der Waals surface area contributed by atoms with Gasteiger partial charge in [0.2, 0.25) is 0 Å². The van der Waals surface area contributed by atoms with E-state index < -0.39 is 19.6 Å². The van der Waals surface area contributed by atoms with Gasteiger partial charge in [0.15, 0.2) is 0 Å². The third-order valence-corrected chi connectivity index (χ3v) is 0. The molecule has 0 spiro atoms. The topological polar surface area (TPSA) is 0 Å². The molecule has 0 aromatic rings. The van der Waals surface area contributed by atoms with Crippen molar-refractivity contribution in [1.29, 1.82) is 0 Å². The molecule has 3 radical (unpaired) electrons. The molecule has 0 heterocycles. The fraction of sp³-hybridized carbons (Fsp3) is 0. The molecule has 0 amide bonds. The Labute approximate surface area is 61.7 Å². The van der Waals surface area contributed by atoms with Crippen molar-refractivity contribution >= 4 is 19.6 Å². The first kappa shape index (κ1) is 16.3. The smallest absolute Gasteiger partial charge is 0.235 e. The zero-order valence-electron chi connectivity index (χ0n) is 3.60. The van der Waals surface area contributed by atoms with Gasteiger partial charge in [0.1, 0.15) is 0 Å². The van der Waals surface area contributed by atoms with Gasteiger partial charge in [0.25, 0.3) is 0 Å².